The molecule has 0 saturated carbocycles. The van der Waals surface area contributed by atoms with Crippen LogP contribution in [-0.2, 0) is 28.0 Å². The summed E-state index contributed by atoms with van der Waals surface area (Å²) in [6.07, 6.45) is 0.112. The van der Waals surface area contributed by atoms with Gasteiger partial charge in [-0.2, -0.15) is 0 Å². The van der Waals surface area contributed by atoms with Crippen LogP contribution in [-0.4, -0.2) is 89.6 Å². The van der Waals surface area contributed by atoms with Crippen molar-refractivity contribution in [3.05, 3.63) is 83.0 Å². The van der Waals surface area contributed by atoms with Crippen LogP contribution in [0.5, 0.6) is 0 Å². The number of hydrogen-bond acceptors (Lipinski definition) is 11. The quantitative estimate of drug-likeness (QED) is 0.135. The second-order valence-corrected chi connectivity index (χ2v) is 23.5. The van der Waals surface area contributed by atoms with Gasteiger partial charge in [-0.15, -0.1) is 0 Å². The average Bonchev–Trinajstić information content (AvgIpc) is 3.89. The molecule has 3 fully saturated rings. The van der Waals surface area contributed by atoms with E-state index in [-0.39, 0.29) is 44.6 Å². The van der Waals surface area contributed by atoms with Gasteiger partial charge < -0.3 is 28.5 Å². The number of H-pyrrole nitrogens is 1. The second-order valence-electron chi connectivity index (χ2n) is 15.3. The molecule has 1 unspecified atom stereocenters. The Morgan fingerprint density at radius 2 is 1.75 bits per heavy atom. The lowest BCUT2D eigenvalue weighted by Gasteiger charge is -2.41. The molecule has 2 aromatic heterocycles. The number of nitrogens with zero attached hydrogens (tertiary/aromatic N) is 4. The van der Waals surface area contributed by atoms with Crippen molar-refractivity contribution in [3.63, 3.8) is 0 Å². The van der Waals surface area contributed by atoms with Crippen molar-refractivity contribution in [2.75, 3.05) is 17.6 Å². The van der Waals surface area contributed by atoms with E-state index >= 15 is 0 Å². The monoisotopic (exact) mass is 782 g/mol. The SMILES string of the molecule is CC[C@H]1O[C@@H](n2c(=O)[nH]c3c(NC(=O)c4ccccc4)ncnc32)C(O[Si](C)(C)C(C)(C)C)[C@H]1O[P@@]1O[C@H](CS(=O)(=O)c2ccccc2)[C@@H]2CCCN21. The van der Waals surface area contributed by atoms with Crippen molar-refractivity contribution < 1.29 is 31.4 Å². The number of sulfone groups is 1. The lowest BCUT2D eigenvalue weighted by Crippen LogP contribution is -2.49. The number of nitrogens with one attached hydrogen (secondary N) is 2. The Kier molecular flexibility index (Phi) is 10.5. The van der Waals surface area contributed by atoms with E-state index in [0.29, 0.717) is 12.0 Å². The van der Waals surface area contributed by atoms with Crippen LogP contribution in [0.3, 0.4) is 0 Å². The molecule has 7 rings (SSSR count). The van der Waals surface area contributed by atoms with Gasteiger partial charge in [-0.3, -0.25) is 4.79 Å². The number of amides is 1. The lowest BCUT2D eigenvalue weighted by molar-refractivity contribution is -0.0341. The van der Waals surface area contributed by atoms with Gasteiger partial charge in [0, 0.05) is 18.2 Å². The molecule has 0 radical (unpaired) electrons. The fourth-order valence-electron chi connectivity index (χ4n) is 6.93. The Morgan fingerprint density at radius 3 is 2.43 bits per heavy atom. The van der Waals surface area contributed by atoms with Crippen LogP contribution < -0.4 is 11.0 Å². The van der Waals surface area contributed by atoms with Crippen LogP contribution in [0, 0.1) is 0 Å². The predicted octanol–water partition coefficient (Wildman–Crippen LogP) is 6.02. The molecule has 17 heteroatoms. The molecule has 284 valence electrons. The van der Waals surface area contributed by atoms with Gasteiger partial charge in [0.15, 0.2) is 35.8 Å². The number of aromatic nitrogens is 4. The summed E-state index contributed by atoms with van der Waals surface area (Å²) in [5.41, 5.74) is 0.421. The third kappa shape index (κ3) is 7.40. The standard InChI is InChI=1S/C36H47N6O8PSSi/c1-7-26-29(49-51-41-20-14-19-25(41)27(48-51)21-52(45,46)24-17-12-9-13-18-24)30(50-53(5,6)36(2,3)4)34(47-26)42-32-28(39-35(42)44)31(37-22-38-32)40-33(43)23-15-10-8-11-16-23/h8-13,15-18,22,25-27,29-30,34H,7,14,19-21H2,1-6H3,(H,39,44)(H,37,38,40,43)/t25-,26+,27+,29-,30?,34+,51+/m0/s1. The largest absolute Gasteiger partial charge is 0.407 e. The van der Waals surface area contributed by atoms with Crippen LogP contribution in [0.25, 0.3) is 11.2 Å². The molecule has 14 nitrogen and oxygen atoms in total. The Balaban J connectivity index is 1.22. The number of imidazole rings is 1. The first-order valence-electron chi connectivity index (χ1n) is 18.0. The molecule has 3 aliphatic rings. The molecular formula is C36H47N6O8PSSi. The van der Waals surface area contributed by atoms with E-state index in [4.69, 9.17) is 18.2 Å². The van der Waals surface area contributed by atoms with Crippen LogP contribution in [0.4, 0.5) is 5.82 Å². The number of benzene rings is 2. The molecule has 3 saturated heterocycles. The molecule has 0 spiro atoms. The van der Waals surface area contributed by atoms with E-state index in [0.717, 1.165) is 19.4 Å². The molecule has 2 N–H and O–H groups in total. The molecule has 0 aliphatic carbocycles. The fourth-order valence-corrected chi connectivity index (χ4v) is 11.8. The Bertz CT molecular complexity index is 2110. The normalized spacial score (nSPS) is 26.6. The number of carbonyl (C=O) groups excluding carboxylic acids is 1. The molecule has 1 amide bonds. The zero-order chi connectivity index (χ0) is 37.7. The number of fused-ring (bicyclic) bond motifs is 2. The molecule has 0 bridgehead atoms. The van der Waals surface area contributed by atoms with E-state index < -0.39 is 63.0 Å². The van der Waals surface area contributed by atoms with Gasteiger partial charge in [-0.1, -0.05) is 64.1 Å². The lowest BCUT2D eigenvalue weighted by atomic mass is 10.1. The summed E-state index contributed by atoms with van der Waals surface area (Å²) in [5, 5.41) is 2.61. The maximum atomic E-state index is 13.9. The number of ether oxygens (including phenoxy) is 1. The van der Waals surface area contributed by atoms with Crippen LogP contribution >= 0.6 is 8.53 Å². The Hall–Kier alpha value is -3.34. The second kappa shape index (κ2) is 14.7. The van der Waals surface area contributed by atoms with Gasteiger partial charge in [-0.25, -0.2) is 32.4 Å². The minimum Gasteiger partial charge on any atom is -0.407 e. The van der Waals surface area contributed by atoms with Gasteiger partial charge in [0.25, 0.3) is 14.4 Å². The van der Waals surface area contributed by atoms with Crippen molar-refractivity contribution in [2.45, 2.75) is 107 Å². The van der Waals surface area contributed by atoms with Gasteiger partial charge in [0.1, 0.15) is 24.1 Å². The van der Waals surface area contributed by atoms with Crippen molar-refractivity contribution in [1.29, 1.82) is 0 Å². The summed E-state index contributed by atoms with van der Waals surface area (Å²) in [4.78, 5) is 38.9. The van der Waals surface area contributed by atoms with E-state index in [9.17, 15) is 18.0 Å². The molecular weight excluding hydrogens is 736 g/mol. The highest BCUT2D eigenvalue weighted by Crippen LogP contribution is 2.58. The smallest absolute Gasteiger partial charge is 0.330 e. The number of aromatic amines is 1. The molecule has 3 aliphatic heterocycles. The predicted molar refractivity (Wildman–Crippen MR) is 204 cm³/mol. The molecule has 53 heavy (non-hydrogen) atoms. The Labute approximate surface area is 311 Å². The zero-order valence-electron chi connectivity index (χ0n) is 30.8. The highest BCUT2D eigenvalue weighted by Gasteiger charge is 2.56. The number of hydrogen-bond donors (Lipinski definition) is 2. The minimum absolute atomic E-state index is 0.102. The number of rotatable bonds is 11. The topological polar surface area (TPSA) is 167 Å². The van der Waals surface area contributed by atoms with E-state index in [1.165, 1.54) is 10.9 Å². The highest BCUT2D eigenvalue weighted by molar-refractivity contribution is 7.91. The summed E-state index contributed by atoms with van der Waals surface area (Å²) in [7, 11) is -7.83. The van der Waals surface area contributed by atoms with Crippen LogP contribution in [0.2, 0.25) is 18.1 Å². The van der Waals surface area contributed by atoms with E-state index in [1.54, 1.807) is 54.6 Å². The zero-order valence-corrected chi connectivity index (χ0v) is 33.5. The first-order chi connectivity index (χ1) is 25.2. The maximum Gasteiger partial charge on any atom is 0.330 e. The molecule has 4 aromatic rings. The third-order valence-corrected chi connectivity index (χ3v) is 18.8. The Morgan fingerprint density at radius 1 is 1.06 bits per heavy atom. The van der Waals surface area contributed by atoms with Gasteiger partial charge in [0.05, 0.1) is 22.9 Å². The summed E-state index contributed by atoms with van der Waals surface area (Å²) in [6, 6.07) is 17.1. The summed E-state index contributed by atoms with van der Waals surface area (Å²) in [6.45, 7) is 13.4. The first kappa shape index (κ1) is 38.0. The molecule has 2 aromatic carbocycles. The fraction of sp³-hybridized carbons (Fsp3) is 0.500. The number of carbonyl (C=O) groups is 1. The minimum atomic E-state index is -3.61. The molecule has 7 atom stereocenters. The van der Waals surface area contributed by atoms with E-state index in [1.807, 2.05) is 13.0 Å². The summed E-state index contributed by atoms with van der Waals surface area (Å²) >= 11 is 0. The van der Waals surface area contributed by atoms with Crippen molar-refractivity contribution in [3.8, 4) is 0 Å². The highest BCUT2D eigenvalue weighted by atomic mass is 32.2. The first-order valence-corrected chi connectivity index (χ1v) is 23.7. The third-order valence-electron chi connectivity index (χ3n) is 10.8. The van der Waals surface area contributed by atoms with E-state index in [2.05, 4.69) is 58.8 Å². The number of anilines is 1. The van der Waals surface area contributed by atoms with Crippen molar-refractivity contribution >= 4 is 49.6 Å². The van der Waals surface area contributed by atoms with Crippen molar-refractivity contribution in [2.24, 2.45) is 0 Å². The van der Waals surface area contributed by atoms with Gasteiger partial charge in [-0.05, 0) is 61.7 Å². The maximum absolute atomic E-state index is 13.9. The summed E-state index contributed by atoms with van der Waals surface area (Å²) in [5.74, 6) is -0.388. The van der Waals surface area contributed by atoms with Crippen LogP contribution in [0.15, 0.2) is 76.7 Å². The van der Waals surface area contributed by atoms with Gasteiger partial charge in [0.2, 0.25) is 0 Å². The van der Waals surface area contributed by atoms with Crippen LogP contribution in [0.1, 0.15) is 63.5 Å². The average molecular weight is 783 g/mol. The van der Waals surface area contributed by atoms with Gasteiger partial charge >= 0.3 is 5.69 Å². The summed E-state index contributed by atoms with van der Waals surface area (Å²) < 4.78 is 57.9. The van der Waals surface area contributed by atoms with Crippen molar-refractivity contribution in [1.82, 2.24) is 24.2 Å². The molecule has 5 heterocycles.